The first-order chi connectivity index (χ1) is 10.1. The van der Waals surface area contributed by atoms with Crippen molar-refractivity contribution in [2.24, 2.45) is 0 Å². The van der Waals surface area contributed by atoms with E-state index in [0.717, 1.165) is 17.9 Å². The molecule has 0 aliphatic carbocycles. The predicted molar refractivity (Wildman–Crippen MR) is 82.1 cm³/mol. The highest BCUT2D eigenvalue weighted by molar-refractivity contribution is 5.73. The van der Waals surface area contributed by atoms with Crippen LogP contribution < -0.4 is 9.47 Å². The molecule has 0 bridgehead atoms. The van der Waals surface area contributed by atoms with Gasteiger partial charge in [-0.25, -0.2) is 0 Å². The highest BCUT2D eigenvalue weighted by Crippen LogP contribution is 2.17. The zero-order chi connectivity index (χ0) is 15.7. The summed E-state index contributed by atoms with van der Waals surface area (Å²) in [5, 5.41) is 9.07. The van der Waals surface area contributed by atoms with E-state index in [1.807, 2.05) is 31.2 Å². The number of hydrogen-bond acceptors (Lipinski definition) is 4. The molecule has 1 N–H and O–H groups in total. The Morgan fingerprint density at radius 2 is 1.67 bits per heavy atom. The van der Waals surface area contributed by atoms with Crippen molar-refractivity contribution in [3.8, 4) is 11.5 Å². The van der Waals surface area contributed by atoms with Crippen molar-refractivity contribution >= 4 is 5.97 Å². The van der Waals surface area contributed by atoms with Gasteiger partial charge in [-0.05, 0) is 44.2 Å². The van der Waals surface area contributed by atoms with Crippen LogP contribution in [0.3, 0.4) is 0 Å². The monoisotopic (exact) mass is 295 g/mol. The summed E-state index contributed by atoms with van der Waals surface area (Å²) in [4.78, 5) is 12.8. The van der Waals surface area contributed by atoms with Gasteiger partial charge in [-0.3, -0.25) is 9.69 Å². The molecule has 0 aromatic heterocycles. The molecule has 0 saturated carbocycles. The van der Waals surface area contributed by atoms with Crippen LogP contribution in [-0.2, 0) is 4.79 Å². The summed E-state index contributed by atoms with van der Waals surface area (Å²) in [5.74, 6) is 0.797. The molecule has 1 rings (SSSR count). The fourth-order valence-electron chi connectivity index (χ4n) is 1.99. The molecule has 5 nitrogen and oxygen atoms in total. The number of carbonyl (C=O) groups is 1. The molecule has 1 atom stereocenters. The smallest absolute Gasteiger partial charge is 0.320 e. The zero-order valence-corrected chi connectivity index (χ0v) is 13.0. The van der Waals surface area contributed by atoms with Gasteiger partial charge in [-0.1, -0.05) is 13.8 Å². The second-order valence-corrected chi connectivity index (χ2v) is 4.91. The van der Waals surface area contributed by atoms with Crippen LogP contribution in [0.15, 0.2) is 24.3 Å². The predicted octanol–water partition coefficient (Wildman–Crippen LogP) is 2.65. The second kappa shape index (κ2) is 9.23. The summed E-state index contributed by atoms with van der Waals surface area (Å²) in [6.45, 7) is 5.66. The van der Waals surface area contributed by atoms with E-state index >= 15 is 0 Å². The lowest BCUT2D eigenvalue weighted by molar-refractivity contribution is -0.143. The van der Waals surface area contributed by atoms with E-state index in [4.69, 9.17) is 14.6 Å². The number of aliphatic carboxylic acids is 1. The van der Waals surface area contributed by atoms with Crippen LogP contribution in [-0.4, -0.2) is 48.8 Å². The van der Waals surface area contributed by atoms with Crippen molar-refractivity contribution in [1.29, 1.82) is 0 Å². The van der Waals surface area contributed by atoms with Crippen LogP contribution >= 0.6 is 0 Å². The Morgan fingerprint density at radius 3 is 2.10 bits per heavy atom. The molecular weight excluding hydrogens is 270 g/mol. The normalized spacial score (nSPS) is 12.2. The Morgan fingerprint density at radius 1 is 1.14 bits per heavy atom. The van der Waals surface area contributed by atoms with Crippen molar-refractivity contribution in [3.63, 3.8) is 0 Å². The number of hydrogen-bond donors (Lipinski definition) is 1. The molecule has 0 aliphatic heterocycles. The molecule has 0 amide bonds. The van der Waals surface area contributed by atoms with Crippen molar-refractivity contribution < 1.29 is 19.4 Å². The molecule has 0 aliphatic rings. The SMILES string of the molecule is CCCOc1ccc(OCCN(C)C(CC)C(=O)O)cc1. The molecule has 0 radical (unpaired) electrons. The summed E-state index contributed by atoms with van der Waals surface area (Å²) in [6, 6.07) is 7.01. The number of likely N-dealkylation sites (N-methyl/N-ethyl adjacent to an activating group) is 1. The van der Waals surface area contributed by atoms with Crippen LogP contribution in [0, 0.1) is 0 Å². The van der Waals surface area contributed by atoms with Crippen LogP contribution in [0.2, 0.25) is 0 Å². The number of benzene rings is 1. The molecule has 21 heavy (non-hydrogen) atoms. The van der Waals surface area contributed by atoms with Gasteiger partial charge >= 0.3 is 5.97 Å². The lowest BCUT2D eigenvalue weighted by Gasteiger charge is -2.23. The maximum Gasteiger partial charge on any atom is 0.320 e. The third-order valence-electron chi connectivity index (χ3n) is 3.21. The minimum atomic E-state index is -0.794. The van der Waals surface area contributed by atoms with Gasteiger partial charge in [0.25, 0.3) is 0 Å². The summed E-state index contributed by atoms with van der Waals surface area (Å²) < 4.78 is 11.1. The van der Waals surface area contributed by atoms with Gasteiger partial charge in [0.1, 0.15) is 24.1 Å². The van der Waals surface area contributed by atoms with Crippen molar-refractivity contribution in [3.05, 3.63) is 24.3 Å². The topological polar surface area (TPSA) is 59.0 Å². The highest BCUT2D eigenvalue weighted by Gasteiger charge is 2.19. The Balaban J connectivity index is 2.36. The van der Waals surface area contributed by atoms with E-state index in [1.165, 1.54) is 0 Å². The first-order valence-corrected chi connectivity index (χ1v) is 7.37. The number of ether oxygens (including phenoxy) is 2. The Bertz CT molecular complexity index is 419. The minimum Gasteiger partial charge on any atom is -0.494 e. The third-order valence-corrected chi connectivity index (χ3v) is 3.21. The van der Waals surface area contributed by atoms with Crippen LogP contribution in [0.25, 0.3) is 0 Å². The molecule has 5 heteroatoms. The van der Waals surface area contributed by atoms with E-state index < -0.39 is 12.0 Å². The molecule has 118 valence electrons. The molecular formula is C16H25NO4. The van der Waals surface area contributed by atoms with Gasteiger partial charge in [0.05, 0.1) is 6.61 Å². The van der Waals surface area contributed by atoms with Gasteiger partial charge in [0, 0.05) is 6.54 Å². The minimum absolute atomic E-state index is 0.454. The van der Waals surface area contributed by atoms with E-state index in [1.54, 1.807) is 11.9 Å². The van der Waals surface area contributed by atoms with E-state index in [-0.39, 0.29) is 0 Å². The molecule has 0 fully saturated rings. The quantitative estimate of drug-likeness (QED) is 0.719. The van der Waals surface area contributed by atoms with Crippen LogP contribution in [0.4, 0.5) is 0 Å². The fraction of sp³-hybridized carbons (Fsp3) is 0.562. The maximum absolute atomic E-state index is 11.0. The zero-order valence-electron chi connectivity index (χ0n) is 13.0. The Labute approximate surface area is 126 Å². The summed E-state index contributed by atoms with van der Waals surface area (Å²) >= 11 is 0. The standard InChI is InChI=1S/C16H25NO4/c1-4-11-20-13-6-8-14(9-7-13)21-12-10-17(3)15(5-2)16(18)19/h6-9,15H,4-5,10-12H2,1-3H3,(H,18,19). The van der Waals surface area contributed by atoms with Gasteiger partial charge in [0.2, 0.25) is 0 Å². The van der Waals surface area contributed by atoms with Gasteiger partial charge in [-0.2, -0.15) is 0 Å². The van der Waals surface area contributed by atoms with Crippen molar-refractivity contribution in [1.82, 2.24) is 4.90 Å². The highest BCUT2D eigenvalue weighted by atomic mass is 16.5. The molecule has 1 aromatic rings. The van der Waals surface area contributed by atoms with E-state index in [0.29, 0.717) is 26.2 Å². The summed E-state index contributed by atoms with van der Waals surface area (Å²) in [5.41, 5.74) is 0. The molecule has 0 saturated heterocycles. The van der Waals surface area contributed by atoms with Crippen LogP contribution in [0.5, 0.6) is 11.5 Å². The molecule has 0 heterocycles. The summed E-state index contributed by atoms with van der Waals surface area (Å²) in [7, 11) is 1.80. The van der Waals surface area contributed by atoms with Gasteiger partial charge in [0.15, 0.2) is 0 Å². The first kappa shape index (κ1) is 17.3. The number of rotatable bonds is 10. The Hall–Kier alpha value is -1.75. The van der Waals surface area contributed by atoms with Crippen molar-refractivity contribution in [2.45, 2.75) is 32.7 Å². The second-order valence-electron chi connectivity index (χ2n) is 4.91. The number of carboxylic acid groups (broad SMARTS) is 1. The lowest BCUT2D eigenvalue weighted by Crippen LogP contribution is -2.40. The van der Waals surface area contributed by atoms with Crippen molar-refractivity contribution in [2.75, 3.05) is 26.8 Å². The average Bonchev–Trinajstić information content (AvgIpc) is 2.46. The van der Waals surface area contributed by atoms with E-state index in [9.17, 15) is 4.79 Å². The maximum atomic E-state index is 11.0. The third kappa shape index (κ3) is 6.04. The number of nitrogens with zero attached hydrogens (tertiary/aromatic N) is 1. The van der Waals surface area contributed by atoms with Gasteiger partial charge in [-0.15, -0.1) is 0 Å². The molecule has 1 unspecified atom stereocenters. The largest absolute Gasteiger partial charge is 0.494 e. The van der Waals surface area contributed by atoms with Gasteiger partial charge < -0.3 is 14.6 Å². The first-order valence-electron chi connectivity index (χ1n) is 7.37. The Kier molecular flexibility index (Phi) is 7.61. The fourth-order valence-corrected chi connectivity index (χ4v) is 1.99. The van der Waals surface area contributed by atoms with E-state index in [2.05, 4.69) is 6.92 Å². The molecule has 0 spiro atoms. The van der Waals surface area contributed by atoms with Crippen LogP contribution in [0.1, 0.15) is 26.7 Å². The average molecular weight is 295 g/mol. The number of carboxylic acids is 1. The summed E-state index contributed by atoms with van der Waals surface area (Å²) in [6.07, 6.45) is 1.56. The lowest BCUT2D eigenvalue weighted by atomic mass is 10.2. The molecule has 1 aromatic carbocycles.